The zero-order valence-corrected chi connectivity index (χ0v) is 11.2. The van der Waals surface area contributed by atoms with Gasteiger partial charge in [0.05, 0.1) is 29.4 Å². The molecule has 0 aliphatic rings. The van der Waals surface area contributed by atoms with Gasteiger partial charge in [0.2, 0.25) is 5.82 Å². The smallest absolute Gasteiger partial charge is 0.202 e. The number of methoxy groups -OCH3 is 1. The Morgan fingerprint density at radius 2 is 1.32 bits per heavy atom. The molecule has 0 saturated carbocycles. The third-order valence-corrected chi connectivity index (χ3v) is 3.34. The van der Waals surface area contributed by atoms with Gasteiger partial charge in [-0.2, -0.15) is 4.39 Å². The van der Waals surface area contributed by atoms with Crippen molar-refractivity contribution < 1.29 is 45.7 Å². The first-order chi connectivity index (χ1) is 10.4. The molecule has 0 atom stereocenters. The first kappa shape index (κ1) is 16.7. The molecule has 0 radical (unpaired) electrons. The van der Waals surface area contributed by atoms with Gasteiger partial charge < -0.3 is 4.74 Å². The summed E-state index contributed by atoms with van der Waals surface area (Å²) in [5.74, 6) is -13.3. The number of hydrogen-bond donors (Lipinski definition) is 1. The lowest BCUT2D eigenvalue weighted by molar-refractivity contribution is -0.432. The average molecular weight is 346 g/mol. The summed E-state index contributed by atoms with van der Waals surface area (Å²) < 4.78 is 90.1. The van der Waals surface area contributed by atoms with E-state index in [1.807, 2.05) is 0 Å². The highest BCUT2D eigenvalue weighted by Crippen LogP contribution is 2.43. The lowest BCUT2D eigenvalue weighted by atomic mass is 10.1. The Kier molecular flexibility index (Phi) is 4.70. The van der Waals surface area contributed by atoms with E-state index in [9.17, 15) is 26.3 Å². The molecule has 0 heterocycles. The minimum absolute atomic E-state index is 0.291. The van der Waals surface area contributed by atoms with Gasteiger partial charge in [0, 0.05) is 5.39 Å². The fraction of sp³-hybridized carbons (Fsp3) is 0.0909. The monoisotopic (exact) mass is 346 g/mol. The highest BCUT2D eigenvalue weighted by atomic mass is 32.2. The number of rotatable bonds is 4. The molecular formula is C11H4F6O4S. The van der Waals surface area contributed by atoms with E-state index < -0.39 is 56.3 Å². The second kappa shape index (κ2) is 6.20. The van der Waals surface area contributed by atoms with Crippen molar-refractivity contribution in [3.63, 3.8) is 0 Å². The standard InChI is InChI=1S/C11H4F6O4S/c1-19-10-2-3(5(13)7(15)6(14)4(2)12)11(22-21-20-18)9(17)8(10)16/h18H,1H3. The number of halogens is 6. The van der Waals surface area contributed by atoms with Crippen molar-refractivity contribution >= 4 is 22.8 Å². The summed E-state index contributed by atoms with van der Waals surface area (Å²) in [6.45, 7) is 0. The predicted octanol–water partition coefficient (Wildman–Crippen LogP) is 4.11. The van der Waals surface area contributed by atoms with Gasteiger partial charge in [0.1, 0.15) is 0 Å². The summed E-state index contributed by atoms with van der Waals surface area (Å²) in [7, 11) is 0.788. The van der Waals surface area contributed by atoms with Crippen LogP contribution in [0.2, 0.25) is 0 Å². The van der Waals surface area contributed by atoms with Gasteiger partial charge in [-0.1, -0.05) is 5.04 Å². The van der Waals surface area contributed by atoms with E-state index >= 15 is 0 Å². The van der Waals surface area contributed by atoms with Gasteiger partial charge in [-0.05, 0) is 0 Å². The fourth-order valence-corrected chi connectivity index (χ4v) is 2.33. The van der Waals surface area contributed by atoms with Crippen molar-refractivity contribution in [1.29, 1.82) is 0 Å². The molecule has 4 nitrogen and oxygen atoms in total. The molecule has 0 aliphatic carbocycles. The highest BCUT2D eigenvalue weighted by molar-refractivity contribution is 7.94. The molecule has 0 bridgehead atoms. The molecule has 11 heteroatoms. The van der Waals surface area contributed by atoms with E-state index in [-0.39, 0.29) is 12.0 Å². The van der Waals surface area contributed by atoms with Gasteiger partial charge in [0.15, 0.2) is 34.8 Å². The van der Waals surface area contributed by atoms with Crippen LogP contribution in [0.15, 0.2) is 4.90 Å². The van der Waals surface area contributed by atoms with Crippen LogP contribution >= 0.6 is 12.0 Å². The average Bonchev–Trinajstić information content (AvgIpc) is 2.51. The van der Waals surface area contributed by atoms with E-state index in [1.54, 1.807) is 0 Å². The molecule has 0 unspecified atom stereocenters. The molecule has 0 aliphatic heterocycles. The van der Waals surface area contributed by atoms with E-state index in [1.165, 1.54) is 0 Å². The highest BCUT2D eigenvalue weighted by Gasteiger charge is 2.31. The lowest BCUT2D eigenvalue weighted by Crippen LogP contribution is -2.05. The zero-order chi connectivity index (χ0) is 16.6. The minimum atomic E-state index is -2.25. The van der Waals surface area contributed by atoms with Gasteiger partial charge in [-0.25, -0.2) is 27.2 Å². The fourth-order valence-electron chi connectivity index (χ4n) is 1.80. The second-order valence-electron chi connectivity index (χ2n) is 3.72. The summed E-state index contributed by atoms with van der Waals surface area (Å²) in [6.07, 6.45) is 0. The van der Waals surface area contributed by atoms with Crippen LogP contribution in [-0.4, -0.2) is 12.4 Å². The molecule has 2 aromatic carbocycles. The summed E-state index contributed by atoms with van der Waals surface area (Å²) in [4.78, 5) is -1.13. The normalized spacial score (nSPS) is 11.3. The van der Waals surface area contributed by atoms with Crippen LogP contribution in [0.1, 0.15) is 0 Å². The zero-order valence-electron chi connectivity index (χ0n) is 10.3. The first-order valence-corrected chi connectivity index (χ1v) is 5.96. The van der Waals surface area contributed by atoms with Crippen molar-refractivity contribution in [2.75, 3.05) is 7.11 Å². The van der Waals surface area contributed by atoms with Gasteiger partial charge in [-0.3, -0.25) is 0 Å². The molecule has 0 amide bonds. The van der Waals surface area contributed by atoms with Crippen LogP contribution in [-0.2, 0) is 9.37 Å². The van der Waals surface area contributed by atoms with Crippen molar-refractivity contribution in [2.45, 2.75) is 4.90 Å². The molecule has 1 N–H and O–H groups in total. The maximum absolute atomic E-state index is 13.9. The largest absolute Gasteiger partial charge is 0.493 e. The van der Waals surface area contributed by atoms with Crippen molar-refractivity contribution in [3.05, 3.63) is 34.9 Å². The molecule has 2 aromatic rings. The molecule has 120 valence electrons. The summed E-state index contributed by atoms with van der Waals surface area (Å²) in [5.41, 5.74) is 0. The van der Waals surface area contributed by atoms with Crippen LogP contribution in [0.25, 0.3) is 10.8 Å². The van der Waals surface area contributed by atoms with Crippen LogP contribution < -0.4 is 4.74 Å². The summed E-state index contributed by atoms with van der Waals surface area (Å²) in [5, 5.41) is 8.76. The molecular weight excluding hydrogens is 342 g/mol. The molecule has 0 fully saturated rings. The van der Waals surface area contributed by atoms with Crippen LogP contribution in [0.3, 0.4) is 0 Å². The minimum Gasteiger partial charge on any atom is -0.493 e. The van der Waals surface area contributed by atoms with E-state index in [4.69, 9.17) is 5.26 Å². The van der Waals surface area contributed by atoms with Crippen molar-refractivity contribution in [3.8, 4) is 5.75 Å². The Bertz CT molecular complexity index is 754. The first-order valence-electron chi connectivity index (χ1n) is 5.22. The molecule has 2 rings (SSSR count). The maximum Gasteiger partial charge on any atom is 0.202 e. The summed E-state index contributed by atoms with van der Waals surface area (Å²) in [6, 6.07) is 0. The molecule has 0 aromatic heterocycles. The van der Waals surface area contributed by atoms with E-state index in [0.717, 1.165) is 7.11 Å². The summed E-state index contributed by atoms with van der Waals surface area (Å²) >= 11 is -0.291. The van der Waals surface area contributed by atoms with Gasteiger partial charge >= 0.3 is 0 Å². The number of fused-ring (bicyclic) bond motifs is 1. The second-order valence-corrected chi connectivity index (χ2v) is 4.43. The number of benzene rings is 2. The van der Waals surface area contributed by atoms with E-state index in [0.29, 0.717) is 0 Å². The Morgan fingerprint density at radius 1 is 0.773 bits per heavy atom. The number of hydrogen-bond acceptors (Lipinski definition) is 5. The maximum atomic E-state index is 13.9. The Labute approximate surface area is 122 Å². The van der Waals surface area contributed by atoms with Crippen molar-refractivity contribution in [2.24, 2.45) is 0 Å². The quantitative estimate of drug-likeness (QED) is 0.225. The lowest BCUT2D eigenvalue weighted by Gasteiger charge is -2.14. The van der Waals surface area contributed by atoms with Crippen LogP contribution in [0, 0.1) is 34.9 Å². The number of ether oxygens (including phenoxy) is 1. The predicted molar refractivity (Wildman–Crippen MR) is 60.9 cm³/mol. The van der Waals surface area contributed by atoms with Crippen LogP contribution in [0.5, 0.6) is 5.75 Å². The van der Waals surface area contributed by atoms with Crippen LogP contribution in [0.4, 0.5) is 26.3 Å². The van der Waals surface area contributed by atoms with Gasteiger partial charge in [-0.15, -0.1) is 4.33 Å². The Balaban J connectivity index is 3.04. The molecule has 22 heavy (non-hydrogen) atoms. The molecule has 0 saturated heterocycles. The Morgan fingerprint density at radius 3 is 1.82 bits per heavy atom. The third-order valence-electron chi connectivity index (χ3n) is 2.66. The van der Waals surface area contributed by atoms with E-state index in [2.05, 4.69) is 14.1 Å². The van der Waals surface area contributed by atoms with Gasteiger partial charge in [0.25, 0.3) is 0 Å². The molecule has 0 spiro atoms. The third kappa shape index (κ3) is 2.35. The van der Waals surface area contributed by atoms with Crippen molar-refractivity contribution in [1.82, 2.24) is 0 Å². The topological polar surface area (TPSA) is 47.9 Å². The Hall–Kier alpha value is -1.69. The SMILES string of the molecule is COc1c(F)c(F)c(SOOO)c2c(F)c(F)c(F)c(F)c12.